The van der Waals surface area contributed by atoms with E-state index < -0.39 is 11.9 Å². The molecule has 6 saturated carbocycles. The Morgan fingerprint density at radius 3 is 2.36 bits per heavy atom. The maximum absolute atomic E-state index is 15.0. The average molecular weight is 725 g/mol. The average Bonchev–Trinajstić information content (AvgIpc) is 3.92. The number of hydrogen-bond donors (Lipinski definition) is 1. The maximum atomic E-state index is 15.0. The molecule has 6 aliphatic carbocycles. The largest absolute Gasteiger partial charge is 0.481 e. The van der Waals surface area contributed by atoms with Gasteiger partial charge < -0.3 is 19.2 Å². The predicted molar refractivity (Wildman–Crippen MR) is 200 cm³/mol. The van der Waals surface area contributed by atoms with Gasteiger partial charge in [-0.15, -0.1) is 0 Å². The van der Waals surface area contributed by atoms with Crippen LogP contribution in [0, 0.1) is 69.5 Å². The number of ether oxygens (including phenoxy) is 1. The molecule has 14 unspecified atom stereocenters. The van der Waals surface area contributed by atoms with E-state index in [0.29, 0.717) is 53.7 Å². The summed E-state index contributed by atoms with van der Waals surface area (Å²) in [6, 6.07) is 10.1. The Hall–Kier alpha value is -3.16. The number of nitrogens with zero attached hydrogens (tertiary/aromatic N) is 2. The molecule has 1 amide bonds. The van der Waals surface area contributed by atoms with Crippen LogP contribution in [0.25, 0.3) is 11.3 Å². The van der Waals surface area contributed by atoms with Crippen LogP contribution < -0.4 is 0 Å². The van der Waals surface area contributed by atoms with Crippen LogP contribution in [0.3, 0.4) is 0 Å². The molecule has 8 nitrogen and oxygen atoms in total. The Balaban J connectivity index is 0.896. The van der Waals surface area contributed by atoms with Crippen LogP contribution in [0.1, 0.15) is 130 Å². The highest BCUT2D eigenvalue weighted by Crippen LogP contribution is 2.72. The Morgan fingerprint density at radius 1 is 0.830 bits per heavy atom. The molecule has 9 rings (SSSR count). The van der Waals surface area contributed by atoms with Crippen molar-refractivity contribution in [3.63, 3.8) is 0 Å². The van der Waals surface area contributed by atoms with Crippen molar-refractivity contribution in [3.05, 3.63) is 42.5 Å². The molecule has 0 spiro atoms. The normalized spacial score (nSPS) is 44.5. The minimum atomic E-state index is -0.799. The lowest BCUT2D eigenvalue weighted by molar-refractivity contribution is -0.206. The number of aromatic nitrogens is 1. The predicted octanol–water partition coefficient (Wildman–Crippen LogP) is 9.35. The highest BCUT2D eigenvalue weighted by atomic mass is 16.5. The lowest BCUT2D eigenvalue weighted by Crippen LogP contribution is -2.62. The summed E-state index contributed by atoms with van der Waals surface area (Å²) in [4.78, 5) is 46.9. The van der Waals surface area contributed by atoms with Crippen molar-refractivity contribution in [1.29, 1.82) is 0 Å². The number of benzene rings is 1. The highest BCUT2D eigenvalue weighted by molar-refractivity contribution is 5.84. The van der Waals surface area contributed by atoms with Gasteiger partial charge in [0, 0.05) is 12.1 Å². The van der Waals surface area contributed by atoms with Gasteiger partial charge in [0.2, 0.25) is 11.8 Å². The van der Waals surface area contributed by atoms with E-state index >= 15 is 4.79 Å². The van der Waals surface area contributed by atoms with E-state index in [9.17, 15) is 14.7 Å². The number of carboxylic acids is 1. The number of esters is 1. The van der Waals surface area contributed by atoms with E-state index in [0.717, 1.165) is 69.2 Å². The van der Waals surface area contributed by atoms with Crippen molar-refractivity contribution in [1.82, 2.24) is 9.88 Å². The van der Waals surface area contributed by atoms with Gasteiger partial charge in [0.05, 0.1) is 17.3 Å². The summed E-state index contributed by atoms with van der Waals surface area (Å²) in [7, 11) is 0. The molecule has 2 aromatic rings. The minimum Gasteiger partial charge on any atom is -0.481 e. The molecule has 8 heteroatoms. The molecular weight excluding hydrogens is 665 g/mol. The molecule has 14 atom stereocenters. The molecule has 1 aliphatic heterocycles. The van der Waals surface area contributed by atoms with Gasteiger partial charge in [-0.1, -0.05) is 64.4 Å². The second-order valence-electron chi connectivity index (χ2n) is 19.4. The van der Waals surface area contributed by atoms with Gasteiger partial charge in [-0.2, -0.15) is 0 Å². The lowest BCUT2D eigenvalue weighted by Gasteiger charge is -2.67. The zero-order valence-corrected chi connectivity index (χ0v) is 32.3. The first-order chi connectivity index (χ1) is 25.5. The smallest absolute Gasteiger partial charge is 0.309 e. The van der Waals surface area contributed by atoms with Crippen molar-refractivity contribution < 1.29 is 28.6 Å². The summed E-state index contributed by atoms with van der Waals surface area (Å²) in [6.07, 6.45) is 16.4. The van der Waals surface area contributed by atoms with Gasteiger partial charge in [-0.3, -0.25) is 14.4 Å². The Labute approximate surface area is 315 Å². The van der Waals surface area contributed by atoms with Crippen molar-refractivity contribution in [3.8, 4) is 11.3 Å². The molecule has 7 aliphatic rings. The summed E-state index contributed by atoms with van der Waals surface area (Å²) in [6.45, 7) is 10.2. The molecule has 2 heterocycles. The molecule has 53 heavy (non-hydrogen) atoms. The molecule has 7 fully saturated rings. The first kappa shape index (κ1) is 35.5. The number of carboxylic acid groups (broad SMARTS) is 1. The first-order valence-electron chi connectivity index (χ1n) is 21.2. The topological polar surface area (TPSA) is 110 Å². The van der Waals surface area contributed by atoms with Crippen molar-refractivity contribution >= 4 is 17.8 Å². The van der Waals surface area contributed by atoms with E-state index in [1.54, 1.807) is 6.26 Å². The molecule has 0 radical (unpaired) electrons. The van der Waals surface area contributed by atoms with E-state index in [2.05, 4.69) is 37.8 Å². The zero-order valence-electron chi connectivity index (χ0n) is 32.3. The number of aliphatic carboxylic acids is 1. The van der Waals surface area contributed by atoms with Gasteiger partial charge in [-0.25, -0.2) is 4.98 Å². The van der Waals surface area contributed by atoms with Gasteiger partial charge >= 0.3 is 11.9 Å². The molecule has 1 aromatic carbocycles. The minimum absolute atomic E-state index is 0.0761. The number of rotatable bonds is 6. The van der Waals surface area contributed by atoms with Gasteiger partial charge in [0.15, 0.2) is 0 Å². The number of oxazole rings is 1. The number of amides is 1. The fraction of sp³-hybridized carbons (Fsp3) is 0.733. The standard InChI is InChI=1S/C45H60N2O6/c1-26-30(40(48)49)24-31(26)41(50)53-37-18-21-43(3)32(27(37)2)16-20-44(4)33-17-22-45(19-8-12-34(45)29(33)14-15-38(43)44)42(51)47-23-9-13-36(47)39-46-35(25-52-39)28-10-6-5-7-11-28/h5-7,10-11,25-27,29-34,36-38H,8-9,12-24H2,1-4H3,(H,48,49). The van der Waals surface area contributed by atoms with Crippen LogP contribution in [0.15, 0.2) is 41.0 Å². The van der Waals surface area contributed by atoms with Gasteiger partial charge in [0.25, 0.3) is 0 Å². The summed E-state index contributed by atoms with van der Waals surface area (Å²) >= 11 is 0. The summed E-state index contributed by atoms with van der Waals surface area (Å²) in [5, 5.41) is 9.44. The number of carbonyl (C=O) groups excluding carboxylic acids is 2. The highest BCUT2D eigenvalue weighted by Gasteiger charge is 2.66. The number of carbonyl (C=O) groups is 3. The zero-order chi connectivity index (χ0) is 36.9. The van der Waals surface area contributed by atoms with Gasteiger partial charge in [0.1, 0.15) is 24.1 Å². The van der Waals surface area contributed by atoms with Crippen molar-refractivity contribution in [2.24, 2.45) is 69.5 Å². The van der Waals surface area contributed by atoms with Gasteiger partial charge in [-0.05, 0) is 136 Å². The Kier molecular flexibility index (Phi) is 8.70. The molecule has 1 N–H and O–H groups in total. The third-order valence-electron chi connectivity index (χ3n) is 17.5. The quantitative estimate of drug-likeness (QED) is 0.296. The second kappa shape index (κ2) is 13.0. The Bertz CT molecular complexity index is 1740. The molecule has 0 bridgehead atoms. The van der Waals surface area contributed by atoms with Crippen LogP contribution in [0.5, 0.6) is 0 Å². The third kappa shape index (κ3) is 5.33. The summed E-state index contributed by atoms with van der Waals surface area (Å²) in [5.41, 5.74) is 2.12. The number of hydrogen-bond acceptors (Lipinski definition) is 6. The monoisotopic (exact) mass is 724 g/mol. The van der Waals surface area contributed by atoms with E-state index in [1.807, 2.05) is 25.1 Å². The van der Waals surface area contributed by atoms with Crippen LogP contribution in [0.2, 0.25) is 0 Å². The molecule has 1 aromatic heterocycles. The number of likely N-dealkylation sites (tertiary alicyclic amines) is 1. The van der Waals surface area contributed by atoms with Crippen LogP contribution >= 0.6 is 0 Å². The van der Waals surface area contributed by atoms with Crippen LogP contribution in [-0.4, -0.2) is 45.5 Å². The lowest BCUT2D eigenvalue weighted by atomic mass is 9.37. The first-order valence-corrected chi connectivity index (χ1v) is 21.2. The van der Waals surface area contributed by atoms with Crippen LogP contribution in [-0.2, 0) is 19.1 Å². The molecule has 286 valence electrons. The van der Waals surface area contributed by atoms with Crippen LogP contribution in [0.4, 0.5) is 0 Å². The summed E-state index contributed by atoms with van der Waals surface area (Å²) < 4.78 is 12.4. The van der Waals surface area contributed by atoms with Crippen molar-refractivity contribution in [2.75, 3.05) is 6.54 Å². The molecule has 1 saturated heterocycles. The Morgan fingerprint density at radius 2 is 1.58 bits per heavy atom. The van der Waals surface area contributed by atoms with E-state index in [1.165, 1.54) is 32.1 Å². The van der Waals surface area contributed by atoms with Crippen molar-refractivity contribution in [2.45, 2.75) is 130 Å². The number of fused-ring (bicyclic) bond motifs is 7. The fourth-order valence-electron chi connectivity index (χ4n) is 14.7. The fourth-order valence-corrected chi connectivity index (χ4v) is 14.7. The maximum Gasteiger partial charge on any atom is 0.309 e. The third-order valence-corrected chi connectivity index (χ3v) is 17.5. The molecular formula is C45H60N2O6. The second-order valence-corrected chi connectivity index (χ2v) is 19.4. The summed E-state index contributed by atoms with van der Waals surface area (Å²) in [5.74, 6) is 2.44. The van der Waals surface area contributed by atoms with E-state index in [-0.39, 0.29) is 46.2 Å². The van der Waals surface area contributed by atoms with E-state index in [4.69, 9.17) is 14.1 Å². The SMILES string of the molecule is CC1C(C(=O)O)CC1C(=O)OC1CCC2(C)C(CCC3(C)C4CCC5(C(=O)N6CCCC6c6nc(-c7ccccc7)co6)CCCC5C4CCC23)C1C.